The Morgan fingerprint density at radius 3 is 2.61 bits per heavy atom. The minimum Gasteiger partial charge on any atom is -0.360 e. The average molecular weight is 270 g/mol. The monoisotopic (exact) mass is 270 g/mol. The summed E-state index contributed by atoms with van der Waals surface area (Å²) in [6, 6.07) is 3.61. The molecule has 1 saturated carbocycles. The van der Waals surface area contributed by atoms with Crippen LogP contribution < -0.4 is 10.6 Å². The Labute approximate surface area is 111 Å². The minimum atomic E-state index is -0.510. The third-order valence-electron chi connectivity index (χ3n) is 3.12. The smallest absolute Gasteiger partial charge is 0.171 e. The van der Waals surface area contributed by atoms with Gasteiger partial charge in [-0.1, -0.05) is 19.3 Å². The van der Waals surface area contributed by atoms with Crippen LogP contribution in [0.25, 0.3) is 0 Å². The first-order valence-corrected chi connectivity index (χ1v) is 6.58. The number of halogens is 2. The highest BCUT2D eigenvalue weighted by molar-refractivity contribution is 7.80. The number of benzene rings is 1. The molecule has 2 nitrogen and oxygen atoms in total. The van der Waals surface area contributed by atoms with Crippen LogP contribution in [0.5, 0.6) is 0 Å². The highest BCUT2D eigenvalue weighted by Gasteiger charge is 2.14. The van der Waals surface area contributed by atoms with E-state index in [0.717, 1.165) is 31.0 Å². The standard InChI is InChI=1S/C13H16F2N2S/c14-9-6-7-11(15)12(8-9)17-13(18)16-10-4-2-1-3-5-10/h6-8,10H,1-5H2,(H2,16,17,18). The van der Waals surface area contributed by atoms with Crippen molar-refractivity contribution in [2.75, 3.05) is 5.32 Å². The highest BCUT2D eigenvalue weighted by atomic mass is 32.1. The van der Waals surface area contributed by atoms with Gasteiger partial charge >= 0.3 is 0 Å². The summed E-state index contributed by atoms with van der Waals surface area (Å²) >= 11 is 5.11. The Bertz CT molecular complexity index is 431. The van der Waals surface area contributed by atoms with E-state index in [-0.39, 0.29) is 5.69 Å². The molecule has 1 aromatic carbocycles. The van der Waals surface area contributed by atoms with Gasteiger partial charge in [0.05, 0.1) is 5.69 Å². The van der Waals surface area contributed by atoms with Crippen molar-refractivity contribution in [3.8, 4) is 0 Å². The van der Waals surface area contributed by atoms with Crippen LogP contribution in [0.2, 0.25) is 0 Å². The van der Waals surface area contributed by atoms with Crippen LogP contribution in [0.4, 0.5) is 14.5 Å². The Morgan fingerprint density at radius 1 is 1.17 bits per heavy atom. The molecule has 5 heteroatoms. The number of hydrogen-bond acceptors (Lipinski definition) is 1. The van der Waals surface area contributed by atoms with Gasteiger partial charge in [0.2, 0.25) is 0 Å². The molecule has 1 aromatic rings. The maximum Gasteiger partial charge on any atom is 0.171 e. The average Bonchev–Trinajstić information content (AvgIpc) is 2.35. The van der Waals surface area contributed by atoms with E-state index in [1.165, 1.54) is 19.3 Å². The Morgan fingerprint density at radius 2 is 1.89 bits per heavy atom. The second kappa shape index (κ2) is 6.09. The van der Waals surface area contributed by atoms with E-state index in [1.807, 2.05) is 0 Å². The van der Waals surface area contributed by atoms with Crippen molar-refractivity contribution in [1.82, 2.24) is 5.32 Å². The number of nitrogens with one attached hydrogen (secondary N) is 2. The summed E-state index contributed by atoms with van der Waals surface area (Å²) < 4.78 is 26.4. The van der Waals surface area contributed by atoms with Crippen molar-refractivity contribution in [1.29, 1.82) is 0 Å². The lowest BCUT2D eigenvalue weighted by atomic mass is 9.96. The van der Waals surface area contributed by atoms with E-state index in [4.69, 9.17) is 12.2 Å². The molecule has 0 atom stereocenters. The fourth-order valence-corrected chi connectivity index (χ4v) is 2.46. The third-order valence-corrected chi connectivity index (χ3v) is 3.34. The van der Waals surface area contributed by atoms with Gasteiger partial charge in [-0.3, -0.25) is 0 Å². The van der Waals surface area contributed by atoms with Gasteiger partial charge in [0.15, 0.2) is 5.11 Å². The Balaban J connectivity index is 1.92. The van der Waals surface area contributed by atoms with Crippen LogP contribution in [0, 0.1) is 11.6 Å². The van der Waals surface area contributed by atoms with Crippen molar-refractivity contribution in [2.24, 2.45) is 0 Å². The van der Waals surface area contributed by atoms with Crippen molar-refractivity contribution >= 4 is 23.0 Å². The lowest BCUT2D eigenvalue weighted by molar-refractivity contribution is 0.414. The molecule has 0 aliphatic heterocycles. The van der Waals surface area contributed by atoms with E-state index in [1.54, 1.807) is 0 Å². The van der Waals surface area contributed by atoms with E-state index >= 15 is 0 Å². The second-order valence-electron chi connectivity index (χ2n) is 4.56. The summed E-state index contributed by atoms with van der Waals surface area (Å²) in [6.45, 7) is 0. The minimum absolute atomic E-state index is 0.0725. The molecule has 0 unspecified atom stereocenters. The fourth-order valence-electron chi connectivity index (χ4n) is 2.18. The van der Waals surface area contributed by atoms with Crippen LogP contribution in [0.15, 0.2) is 18.2 Å². The summed E-state index contributed by atoms with van der Waals surface area (Å²) in [5, 5.41) is 6.20. The summed E-state index contributed by atoms with van der Waals surface area (Å²) in [5.74, 6) is -0.997. The molecule has 0 saturated heterocycles. The predicted molar refractivity (Wildman–Crippen MR) is 72.6 cm³/mol. The first-order chi connectivity index (χ1) is 8.65. The normalized spacial score (nSPS) is 16.3. The van der Waals surface area contributed by atoms with Crippen molar-refractivity contribution < 1.29 is 8.78 Å². The zero-order valence-corrected chi connectivity index (χ0v) is 10.8. The molecule has 1 aliphatic carbocycles. The molecule has 2 N–H and O–H groups in total. The largest absolute Gasteiger partial charge is 0.360 e. The molecule has 2 rings (SSSR count). The van der Waals surface area contributed by atoms with Crippen LogP contribution in [0.1, 0.15) is 32.1 Å². The molecule has 1 aliphatic rings. The summed E-state index contributed by atoms with van der Waals surface area (Å²) in [5.41, 5.74) is 0.0725. The van der Waals surface area contributed by atoms with Gasteiger partial charge in [-0.25, -0.2) is 8.78 Å². The molecule has 98 valence electrons. The van der Waals surface area contributed by atoms with E-state index in [0.29, 0.717) is 11.2 Å². The fraction of sp³-hybridized carbons (Fsp3) is 0.462. The molecule has 0 amide bonds. The van der Waals surface area contributed by atoms with Crippen LogP contribution in [0.3, 0.4) is 0 Å². The van der Waals surface area contributed by atoms with Gasteiger partial charge < -0.3 is 10.6 Å². The molecule has 18 heavy (non-hydrogen) atoms. The van der Waals surface area contributed by atoms with Gasteiger partial charge in [-0.05, 0) is 37.2 Å². The molecule has 0 radical (unpaired) electrons. The first-order valence-electron chi connectivity index (χ1n) is 6.18. The molecule has 0 bridgehead atoms. The maximum atomic E-state index is 13.4. The van der Waals surface area contributed by atoms with Crippen molar-refractivity contribution in [2.45, 2.75) is 38.1 Å². The number of rotatable bonds is 2. The van der Waals surface area contributed by atoms with Gasteiger partial charge in [0, 0.05) is 12.1 Å². The molecule has 0 heterocycles. The van der Waals surface area contributed by atoms with Crippen molar-refractivity contribution in [3.05, 3.63) is 29.8 Å². The SMILES string of the molecule is Fc1ccc(F)c(NC(=S)NC2CCCCC2)c1. The second-order valence-corrected chi connectivity index (χ2v) is 4.97. The first kappa shape index (κ1) is 13.2. The van der Waals surface area contributed by atoms with Gasteiger partial charge in [0.25, 0.3) is 0 Å². The molecule has 0 aromatic heterocycles. The molecule has 0 spiro atoms. The zero-order valence-electron chi connectivity index (χ0n) is 10.0. The number of thiocarbonyl (C=S) groups is 1. The molecular weight excluding hydrogens is 254 g/mol. The molecule has 1 fully saturated rings. The van der Waals surface area contributed by atoms with Gasteiger partial charge in [-0.2, -0.15) is 0 Å². The van der Waals surface area contributed by atoms with E-state index < -0.39 is 11.6 Å². The summed E-state index contributed by atoms with van der Waals surface area (Å²) in [4.78, 5) is 0. The van der Waals surface area contributed by atoms with Crippen LogP contribution in [-0.2, 0) is 0 Å². The van der Waals surface area contributed by atoms with Gasteiger partial charge in [-0.15, -0.1) is 0 Å². The lowest BCUT2D eigenvalue weighted by Gasteiger charge is -2.24. The third kappa shape index (κ3) is 3.63. The predicted octanol–water partition coefficient (Wildman–Crippen LogP) is 3.58. The van der Waals surface area contributed by atoms with E-state index in [9.17, 15) is 8.78 Å². The van der Waals surface area contributed by atoms with Crippen molar-refractivity contribution in [3.63, 3.8) is 0 Å². The summed E-state index contributed by atoms with van der Waals surface area (Å²) in [6.07, 6.45) is 5.79. The van der Waals surface area contributed by atoms with Gasteiger partial charge in [0.1, 0.15) is 11.6 Å². The Hall–Kier alpha value is -1.23. The zero-order chi connectivity index (χ0) is 13.0. The topological polar surface area (TPSA) is 24.1 Å². The van der Waals surface area contributed by atoms with Crippen LogP contribution >= 0.6 is 12.2 Å². The number of anilines is 1. The summed E-state index contributed by atoms with van der Waals surface area (Å²) in [7, 11) is 0. The highest BCUT2D eigenvalue weighted by Crippen LogP contribution is 2.18. The lowest BCUT2D eigenvalue weighted by Crippen LogP contribution is -2.39. The van der Waals surface area contributed by atoms with Crippen LogP contribution in [-0.4, -0.2) is 11.2 Å². The quantitative estimate of drug-likeness (QED) is 0.803. The van der Waals surface area contributed by atoms with E-state index in [2.05, 4.69) is 10.6 Å². The molecular formula is C13H16F2N2S. The Kier molecular flexibility index (Phi) is 4.47. The number of hydrogen-bond donors (Lipinski definition) is 2. The maximum absolute atomic E-state index is 13.4.